The molecule has 0 amide bonds. The summed E-state index contributed by atoms with van der Waals surface area (Å²) in [4.78, 5) is 8.04. The minimum Gasteiger partial charge on any atom is -0.342 e. The molecule has 26 heavy (non-hydrogen) atoms. The Hall–Kier alpha value is -2.18. The zero-order valence-corrected chi connectivity index (χ0v) is 15.7. The monoisotopic (exact) mass is 369 g/mol. The number of aromatic amines is 1. The molecule has 5 nitrogen and oxygen atoms in total. The van der Waals surface area contributed by atoms with Crippen molar-refractivity contribution in [1.82, 2.24) is 14.3 Å². The molecule has 4 rings (SSSR count). The summed E-state index contributed by atoms with van der Waals surface area (Å²) in [6.07, 6.45) is 1.81. The minimum atomic E-state index is -3.34. The van der Waals surface area contributed by atoms with Crippen LogP contribution >= 0.6 is 0 Å². The van der Waals surface area contributed by atoms with Gasteiger partial charge in [-0.1, -0.05) is 36.4 Å². The van der Waals surface area contributed by atoms with Crippen LogP contribution in [0.15, 0.2) is 48.5 Å². The molecule has 1 unspecified atom stereocenters. The van der Waals surface area contributed by atoms with Gasteiger partial charge in [0.25, 0.3) is 0 Å². The van der Waals surface area contributed by atoms with Gasteiger partial charge in [0.1, 0.15) is 5.82 Å². The molecular weight excluding hydrogens is 346 g/mol. The molecule has 1 fully saturated rings. The SMILES string of the molecule is Cc1ccccc1CS(=O)(=O)N1CCCC(c2nc3ccccc3[nH]2)C1. The average molecular weight is 369 g/mol. The van der Waals surface area contributed by atoms with Crippen molar-refractivity contribution in [3.05, 3.63) is 65.5 Å². The lowest BCUT2D eigenvalue weighted by Crippen LogP contribution is -2.40. The highest BCUT2D eigenvalue weighted by Crippen LogP contribution is 2.29. The molecule has 0 aliphatic carbocycles. The number of imidazole rings is 1. The van der Waals surface area contributed by atoms with Gasteiger partial charge in [0.15, 0.2) is 0 Å². The van der Waals surface area contributed by atoms with Crippen LogP contribution in [0.1, 0.15) is 35.7 Å². The van der Waals surface area contributed by atoms with Gasteiger partial charge in [0, 0.05) is 19.0 Å². The third kappa shape index (κ3) is 3.39. The summed E-state index contributed by atoms with van der Waals surface area (Å²) < 4.78 is 27.5. The molecule has 0 radical (unpaired) electrons. The Labute approximate surface area is 154 Å². The van der Waals surface area contributed by atoms with Crippen LogP contribution < -0.4 is 0 Å². The molecule has 136 valence electrons. The number of piperidine rings is 1. The summed E-state index contributed by atoms with van der Waals surface area (Å²) in [6.45, 7) is 3.04. The summed E-state index contributed by atoms with van der Waals surface area (Å²) in [5.74, 6) is 1.07. The van der Waals surface area contributed by atoms with Crippen molar-refractivity contribution in [3.63, 3.8) is 0 Å². The van der Waals surface area contributed by atoms with Gasteiger partial charge in [-0.2, -0.15) is 0 Å². The van der Waals surface area contributed by atoms with Crippen LogP contribution in [-0.2, 0) is 15.8 Å². The van der Waals surface area contributed by atoms with Gasteiger partial charge in [-0.05, 0) is 43.0 Å². The number of aryl methyl sites for hydroxylation is 1. The van der Waals surface area contributed by atoms with E-state index < -0.39 is 10.0 Å². The highest BCUT2D eigenvalue weighted by molar-refractivity contribution is 7.88. The van der Waals surface area contributed by atoms with Gasteiger partial charge in [0.2, 0.25) is 10.0 Å². The largest absolute Gasteiger partial charge is 0.342 e. The number of benzene rings is 2. The maximum absolute atomic E-state index is 13.0. The number of sulfonamides is 1. The number of nitrogens with zero attached hydrogens (tertiary/aromatic N) is 2. The van der Waals surface area contributed by atoms with E-state index >= 15 is 0 Å². The minimum absolute atomic E-state index is 0.0620. The number of para-hydroxylation sites is 2. The number of H-pyrrole nitrogens is 1. The Morgan fingerprint density at radius 3 is 2.73 bits per heavy atom. The van der Waals surface area contributed by atoms with Crippen LogP contribution in [0.5, 0.6) is 0 Å². The number of aromatic nitrogens is 2. The van der Waals surface area contributed by atoms with E-state index in [2.05, 4.69) is 9.97 Å². The lowest BCUT2D eigenvalue weighted by molar-refractivity contribution is 0.310. The van der Waals surface area contributed by atoms with Crippen molar-refractivity contribution in [2.45, 2.75) is 31.4 Å². The van der Waals surface area contributed by atoms with E-state index in [1.165, 1.54) is 0 Å². The van der Waals surface area contributed by atoms with Gasteiger partial charge >= 0.3 is 0 Å². The number of nitrogens with one attached hydrogen (secondary N) is 1. The molecule has 1 atom stereocenters. The van der Waals surface area contributed by atoms with E-state index in [1.54, 1.807) is 4.31 Å². The Bertz CT molecular complexity index is 993. The summed E-state index contributed by atoms with van der Waals surface area (Å²) in [6, 6.07) is 15.6. The van der Waals surface area contributed by atoms with Crippen LogP contribution in [-0.4, -0.2) is 35.8 Å². The topological polar surface area (TPSA) is 66.1 Å². The predicted molar refractivity (Wildman–Crippen MR) is 103 cm³/mol. The molecule has 2 aromatic carbocycles. The quantitative estimate of drug-likeness (QED) is 0.764. The van der Waals surface area contributed by atoms with Crippen molar-refractivity contribution in [2.75, 3.05) is 13.1 Å². The highest BCUT2D eigenvalue weighted by Gasteiger charge is 2.31. The maximum Gasteiger partial charge on any atom is 0.218 e. The number of fused-ring (bicyclic) bond motifs is 1. The molecule has 0 bridgehead atoms. The zero-order valence-electron chi connectivity index (χ0n) is 14.9. The van der Waals surface area contributed by atoms with Crippen LogP contribution in [0.2, 0.25) is 0 Å². The van der Waals surface area contributed by atoms with Crippen molar-refractivity contribution >= 4 is 21.1 Å². The summed E-state index contributed by atoms with van der Waals surface area (Å²) >= 11 is 0. The van der Waals surface area contributed by atoms with Crippen LogP contribution in [0.3, 0.4) is 0 Å². The fourth-order valence-corrected chi connectivity index (χ4v) is 5.36. The Morgan fingerprint density at radius 2 is 1.92 bits per heavy atom. The fourth-order valence-electron chi connectivity index (χ4n) is 3.64. The third-order valence-corrected chi connectivity index (χ3v) is 6.97. The second-order valence-electron chi connectivity index (χ2n) is 7.02. The highest BCUT2D eigenvalue weighted by atomic mass is 32.2. The molecule has 1 aliphatic rings. The molecule has 1 saturated heterocycles. The van der Waals surface area contributed by atoms with E-state index in [0.29, 0.717) is 13.1 Å². The lowest BCUT2D eigenvalue weighted by atomic mass is 9.99. The van der Waals surface area contributed by atoms with Gasteiger partial charge in [0.05, 0.1) is 16.8 Å². The molecule has 1 N–H and O–H groups in total. The van der Waals surface area contributed by atoms with E-state index in [4.69, 9.17) is 0 Å². The fraction of sp³-hybridized carbons (Fsp3) is 0.350. The van der Waals surface area contributed by atoms with Crippen LogP contribution in [0.4, 0.5) is 0 Å². The van der Waals surface area contributed by atoms with Gasteiger partial charge in [-0.25, -0.2) is 17.7 Å². The Kier molecular flexibility index (Phi) is 4.54. The van der Waals surface area contributed by atoms with E-state index in [-0.39, 0.29) is 11.7 Å². The normalized spacial score (nSPS) is 19.0. The summed E-state index contributed by atoms with van der Waals surface area (Å²) in [7, 11) is -3.34. The molecule has 1 aromatic heterocycles. The van der Waals surface area contributed by atoms with E-state index in [1.807, 2.05) is 55.5 Å². The number of hydrogen-bond donors (Lipinski definition) is 1. The molecule has 2 heterocycles. The third-order valence-electron chi connectivity index (χ3n) is 5.17. The van der Waals surface area contributed by atoms with Gasteiger partial charge in [-0.15, -0.1) is 0 Å². The van der Waals surface area contributed by atoms with Crippen LogP contribution in [0, 0.1) is 6.92 Å². The van der Waals surface area contributed by atoms with Crippen LogP contribution in [0.25, 0.3) is 11.0 Å². The van der Waals surface area contributed by atoms with Crippen molar-refractivity contribution in [3.8, 4) is 0 Å². The summed E-state index contributed by atoms with van der Waals surface area (Å²) in [5, 5.41) is 0. The Balaban J connectivity index is 1.55. The molecule has 6 heteroatoms. The predicted octanol–water partition coefficient (Wildman–Crippen LogP) is 3.58. The standard InChI is InChI=1S/C20H23N3O2S/c1-15-7-2-3-8-17(15)14-26(24,25)23-12-6-9-16(13-23)20-21-18-10-4-5-11-19(18)22-20/h2-5,7-8,10-11,16H,6,9,12-14H2,1H3,(H,21,22). The van der Waals surface area contributed by atoms with Crippen molar-refractivity contribution in [1.29, 1.82) is 0 Å². The first-order chi connectivity index (χ1) is 12.5. The zero-order chi connectivity index (χ0) is 18.1. The van der Waals surface area contributed by atoms with E-state index in [9.17, 15) is 8.42 Å². The molecule has 0 saturated carbocycles. The number of rotatable bonds is 4. The first-order valence-corrected chi connectivity index (χ1v) is 10.6. The first-order valence-electron chi connectivity index (χ1n) is 9.00. The molecule has 1 aliphatic heterocycles. The van der Waals surface area contributed by atoms with Crippen molar-refractivity contribution in [2.24, 2.45) is 0 Å². The number of hydrogen-bond acceptors (Lipinski definition) is 3. The van der Waals surface area contributed by atoms with Gasteiger partial charge in [-0.3, -0.25) is 0 Å². The molecule has 0 spiro atoms. The summed E-state index contributed by atoms with van der Waals surface area (Å²) in [5.41, 5.74) is 3.82. The van der Waals surface area contributed by atoms with Crippen molar-refractivity contribution < 1.29 is 8.42 Å². The second-order valence-corrected chi connectivity index (χ2v) is 8.99. The second kappa shape index (κ2) is 6.85. The molecule has 3 aromatic rings. The average Bonchev–Trinajstić information content (AvgIpc) is 3.08. The van der Waals surface area contributed by atoms with E-state index in [0.717, 1.165) is 40.8 Å². The Morgan fingerprint density at radius 1 is 1.15 bits per heavy atom. The lowest BCUT2D eigenvalue weighted by Gasteiger charge is -2.31. The first kappa shape index (κ1) is 17.2. The van der Waals surface area contributed by atoms with Gasteiger partial charge < -0.3 is 4.98 Å². The smallest absolute Gasteiger partial charge is 0.218 e. The maximum atomic E-state index is 13.0. The molecular formula is C20H23N3O2S.